The number of rotatable bonds is 4. The number of halogens is 2. The zero-order valence-electron chi connectivity index (χ0n) is 11.2. The maximum atomic E-state index is 12.6. The fraction of sp³-hybridized carbons (Fsp3) is 0.333. The molecule has 0 unspecified atom stereocenters. The lowest BCUT2D eigenvalue weighted by atomic mass is 10.1. The summed E-state index contributed by atoms with van der Waals surface area (Å²) in [6.45, 7) is 0.441. The van der Waals surface area contributed by atoms with Gasteiger partial charge in [-0.25, -0.2) is 4.79 Å². The Hall–Kier alpha value is -1.33. The summed E-state index contributed by atoms with van der Waals surface area (Å²) in [6.07, 6.45) is 3.25. The Morgan fingerprint density at radius 2 is 2.10 bits per heavy atom. The number of nitrogens with zero attached hydrogens (tertiary/aromatic N) is 1. The van der Waals surface area contributed by atoms with Gasteiger partial charge >= 0.3 is 5.69 Å². The minimum absolute atomic E-state index is 0.0887. The number of aromatic nitrogens is 2. The zero-order chi connectivity index (χ0) is 15.0. The van der Waals surface area contributed by atoms with E-state index in [2.05, 4.69) is 20.9 Å². The first-order valence-electron chi connectivity index (χ1n) is 6.85. The van der Waals surface area contributed by atoms with E-state index in [1.54, 1.807) is 6.07 Å². The lowest BCUT2D eigenvalue weighted by molar-refractivity contribution is 0.558. The number of aromatic amines is 1. The molecule has 110 valence electrons. The van der Waals surface area contributed by atoms with Gasteiger partial charge in [-0.05, 0) is 30.0 Å². The van der Waals surface area contributed by atoms with E-state index < -0.39 is 5.69 Å². The number of H-pyrrole nitrogens is 1. The Balaban J connectivity index is 2.09. The number of hydrogen-bond acceptors (Lipinski definition) is 2. The van der Waals surface area contributed by atoms with E-state index in [0.717, 1.165) is 10.9 Å². The van der Waals surface area contributed by atoms with Gasteiger partial charge < -0.3 is 0 Å². The highest BCUT2D eigenvalue weighted by atomic mass is 79.9. The molecule has 0 spiro atoms. The maximum Gasteiger partial charge on any atom is 0.329 e. The maximum absolute atomic E-state index is 12.6. The van der Waals surface area contributed by atoms with Crippen LogP contribution < -0.4 is 11.2 Å². The molecule has 0 atom stereocenters. The van der Waals surface area contributed by atoms with Gasteiger partial charge in [-0.15, -0.1) is 0 Å². The molecule has 4 nitrogen and oxygen atoms in total. The van der Waals surface area contributed by atoms with E-state index in [-0.39, 0.29) is 10.7 Å². The summed E-state index contributed by atoms with van der Waals surface area (Å²) in [7, 11) is 0. The second kappa shape index (κ2) is 5.81. The Morgan fingerprint density at radius 1 is 1.33 bits per heavy atom. The number of hydrogen-bond donors (Lipinski definition) is 1. The molecule has 2 aromatic rings. The van der Waals surface area contributed by atoms with Gasteiger partial charge in [0, 0.05) is 11.0 Å². The zero-order valence-corrected chi connectivity index (χ0v) is 13.6. The Labute approximate surface area is 134 Å². The predicted molar refractivity (Wildman–Crippen MR) is 86.8 cm³/mol. The minimum atomic E-state index is -0.440. The normalized spacial score (nSPS) is 14.4. The van der Waals surface area contributed by atoms with Crippen LogP contribution in [0.4, 0.5) is 0 Å². The molecule has 1 heterocycles. The van der Waals surface area contributed by atoms with Gasteiger partial charge in [-0.1, -0.05) is 52.5 Å². The van der Waals surface area contributed by atoms with Gasteiger partial charge in [0.1, 0.15) is 5.15 Å². The van der Waals surface area contributed by atoms with Crippen LogP contribution in [0.2, 0.25) is 5.15 Å². The standard InChI is InChI=1S/C15H14BrClN2O2/c16-11-3-1-2-10(8-11)12-13(17)18-15(21)19(14(12)20)7-6-9-4-5-9/h1-3,8-9H,4-7H2,(H,18,21). The molecule has 0 saturated heterocycles. The number of benzene rings is 1. The van der Waals surface area contributed by atoms with Crippen LogP contribution in [0.25, 0.3) is 11.1 Å². The molecule has 1 aromatic heterocycles. The fourth-order valence-electron chi connectivity index (χ4n) is 2.36. The van der Waals surface area contributed by atoms with Gasteiger partial charge in [-0.2, -0.15) is 0 Å². The van der Waals surface area contributed by atoms with Crippen molar-refractivity contribution in [2.45, 2.75) is 25.8 Å². The molecule has 0 amide bonds. The fourth-order valence-corrected chi connectivity index (χ4v) is 3.03. The van der Waals surface area contributed by atoms with Crippen molar-refractivity contribution in [2.75, 3.05) is 0 Å². The van der Waals surface area contributed by atoms with Gasteiger partial charge in [-0.3, -0.25) is 14.3 Å². The van der Waals surface area contributed by atoms with Crippen molar-refractivity contribution in [3.63, 3.8) is 0 Å². The van der Waals surface area contributed by atoms with Crippen molar-refractivity contribution >= 4 is 27.5 Å². The number of nitrogens with one attached hydrogen (secondary N) is 1. The van der Waals surface area contributed by atoms with Crippen LogP contribution >= 0.6 is 27.5 Å². The van der Waals surface area contributed by atoms with E-state index >= 15 is 0 Å². The second-order valence-corrected chi connectivity index (χ2v) is 6.61. The Kier molecular flexibility index (Phi) is 4.04. The average Bonchev–Trinajstić information content (AvgIpc) is 3.22. The molecule has 1 fully saturated rings. The smallest absolute Gasteiger partial charge is 0.297 e. The molecule has 0 bridgehead atoms. The van der Waals surface area contributed by atoms with E-state index in [1.165, 1.54) is 17.4 Å². The molecule has 1 aliphatic rings. The van der Waals surface area contributed by atoms with E-state index in [1.807, 2.05) is 18.2 Å². The quantitative estimate of drug-likeness (QED) is 0.840. The largest absolute Gasteiger partial charge is 0.329 e. The van der Waals surface area contributed by atoms with Crippen LogP contribution in [0.15, 0.2) is 38.3 Å². The predicted octanol–water partition coefficient (Wildman–Crippen LogP) is 3.42. The van der Waals surface area contributed by atoms with Gasteiger partial charge in [0.05, 0.1) is 5.56 Å². The summed E-state index contributed by atoms with van der Waals surface area (Å²) in [4.78, 5) is 27.1. The first kappa shape index (κ1) is 14.6. The van der Waals surface area contributed by atoms with Gasteiger partial charge in [0.25, 0.3) is 5.56 Å². The van der Waals surface area contributed by atoms with Crippen LogP contribution in [-0.2, 0) is 6.54 Å². The van der Waals surface area contributed by atoms with Crippen LogP contribution in [0.1, 0.15) is 19.3 Å². The van der Waals surface area contributed by atoms with Gasteiger partial charge in [0.2, 0.25) is 0 Å². The SMILES string of the molecule is O=c1[nH]c(Cl)c(-c2cccc(Br)c2)c(=O)n1CCC1CC1. The molecule has 1 aromatic carbocycles. The highest BCUT2D eigenvalue weighted by Gasteiger charge is 2.22. The molecular weight excluding hydrogens is 356 g/mol. The van der Waals surface area contributed by atoms with Crippen molar-refractivity contribution in [2.24, 2.45) is 5.92 Å². The molecule has 6 heteroatoms. The van der Waals surface area contributed by atoms with Crippen LogP contribution in [0.3, 0.4) is 0 Å². The third-order valence-corrected chi connectivity index (χ3v) is 4.49. The third-order valence-electron chi connectivity index (χ3n) is 3.71. The minimum Gasteiger partial charge on any atom is -0.297 e. The highest BCUT2D eigenvalue weighted by molar-refractivity contribution is 9.10. The van der Waals surface area contributed by atoms with Crippen molar-refractivity contribution in [1.82, 2.24) is 9.55 Å². The molecule has 3 rings (SSSR count). The summed E-state index contributed by atoms with van der Waals surface area (Å²) in [5, 5.41) is 0.0887. The van der Waals surface area contributed by atoms with Crippen molar-refractivity contribution in [3.05, 3.63) is 54.7 Å². The summed E-state index contributed by atoms with van der Waals surface area (Å²) in [5.74, 6) is 0.654. The molecular formula is C15H14BrClN2O2. The molecule has 1 saturated carbocycles. The summed E-state index contributed by atoms with van der Waals surface area (Å²) in [6, 6.07) is 7.31. The van der Waals surface area contributed by atoms with Crippen molar-refractivity contribution in [1.29, 1.82) is 0 Å². The molecule has 0 radical (unpaired) electrons. The first-order chi connectivity index (χ1) is 10.1. The van der Waals surface area contributed by atoms with E-state index in [0.29, 0.717) is 23.6 Å². The first-order valence-corrected chi connectivity index (χ1v) is 8.02. The van der Waals surface area contributed by atoms with E-state index in [9.17, 15) is 9.59 Å². The Bertz CT molecular complexity index is 793. The highest BCUT2D eigenvalue weighted by Crippen LogP contribution is 2.32. The topological polar surface area (TPSA) is 54.9 Å². The third kappa shape index (κ3) is 3.14. The summed E-state index contributed by atoms with van der Waals surface area (Å²) >= 11 is 9.46. The van der Waals surface area contributed by atoms with E-state index in [4.69, 9.17) is 11.6 Å². The lowest BCUT2D eigenvalue weighted by Crippen LogP contribution is -2.36. The monoisotopic (exact) mass is 368 g/mol. The molecule has 1 aliphatic carbocycles. The van der Waals surface area contributed by atoms with Crippen LogP contribution in [0.5, 0.6) is 0 Å². The van der Waals surface area contributed by atoms with Crippen LogP contribution in [0, 0.1) is 5.92 Å². The molecule has 1 N–H and O–H groups in total. The summed E-state index contributed by atoms with van der Waals surface area (Å²) < 4.78 is 2.10. The summed E-state index contributed by atoms with van der Waals surface area (Å²) in [5.41, 5.74) is 0.260. The van der Waals surface area contributed by atoms with Crippen molar-refractivity contribution in [3.8, 4) is 11.1 Å². The van der Waals surface area contributed by atoms with Gasteiger partial charge in [0.15, 0.2) is 0 Å². The van der Waals surface area contributed by atoms with Crippen LogP contribution in [-0.4, -0.2) is 9.55 Å². The second-order valence-electron chi connectivity index (χ2n) is 5.32. The Morgan fingerprint density at radius 3 is 2.76 bits per heavy atom. The lowest BCUT2D eigenvalue weighted by Gasteiger charge is -2.09. The molecule has 21 heavy (non-hydrogen) atoms. The average molecular weight is 370 g/mol. The molecule has 0 aliphatic heterocycles. The van der Waals surface area contributed by atoms with Crippen molar-refractivity contribution < 1.29 is 0 Å².